The number of benzene rings is 2. The van der Waals surface area contributed by atoms with Crippen LogP contribution in [0.3, 0.4) is 0 Å². The first kappa shape index (κ1) is 20.0. The summed E-state index contributed by atoms with van der Waals surface area (Å²) < 4.78 is 12.8. The van der Waals surface area contributed by atoms with Crippen LogP contribution in [0.1, 0.15) is 37.5 Å². The summed E-state index contributed by atoms with van der Waals surface area (Å²) in [4.78, 5) is 12.1. The fourth-order valence-corrected chi connectivity index (χ4v) is 3.94. The topological polar surface area (TPSA) is 35.5 Å². The summed E-state index contributed by atoms with van der Waals surface area (Å²) in [7, 11) is 0. The van der Waals surface area contributed by atoms with Gasteiger partial charge < -0.3 is 9.47 Å². The number of ether oxygens (including phenoxy) is 2. The monoisotopic (exact) mass is 468 g/mol. The highest BCUT2D eigenvalue weighted by atomic mass is 79.9. The molecule has 0 aromatic heterocycles. The van der Waals surface area contributed by atoms with Gasteiger partial charge in [0.25, 0.3) is 0 Å². The highest BCUT2D eigenvalue weighted by Crippen LogP contribution is 2.32. The zero-order valence-corrected chi connectivity index (χ0v) is 18.2. The highest BCUT2D eigenvalue weighted by molar-refractivity contribution is 9.11. The zero-order valence-electron chi connectivity index (χ0n) is 15.1. The molecule has 2 rings (SSSR count). The number of carbonyl (C=O) groups excluding carboxylic acids is 1. The summed E-state index contributed by atoms with van der Waals surface area (Å²) in [6, 6.07) is 9.70. The molecule has 0 unspecified atom stereocenters. The van der Waals surface area contributed by atoms with Crippen molar-refractivity contribution in [3.63, 3.8) is 0 Å². The van der Waals surface area contributed by atoms with Gasteiger partial charge in [-0.1, -0.05) is 48.8 Å². The quantitative estimate of drug-likeness (QED) is 0.400. The van der Waals surface area contributed by atoms with Gasteiger partial charge in [0, 0.05) is 4.47 Å². The number of halogens is 2. The number of hydrogen-bond acceptors (Lipinski definition) is 3. The van der Waals surface area contributed by atoms with Gasteiger partial charge in [-0.25, -0.2) is 4.79 Å². The van der Waals surface area contributed by atoms with Gasteiger partial charge in [0.15, 0.2) is 6.61 Å². The summed E-state index contributed by atoms with van der Waals surface area (Å²) in [6.45, 7) is 10.2. The molecule has 0 atom stereocenters. The molecule has 134 valence electrons. The van der Waals surface area contributed by atoms with Gasteiger partial charge in [0.05, 0.1) is 4.47 Å². The van der Waals surface area contributed by atoms with Crippen molar-refractivity contribution in [3.05, 3.63) is 56.0 Å². The summed E-state index contributed by atoms with van der Waals surface area (Å²) in [6.07, 6.45) is 0. The van der Waals surface area contributed by atoms with Gasteiger partial charge in [-0.15, -0.1) is 0 Å². The average molecular weight is 470 g/mol. The molecule has 3 nitrogen and oxygen atoms in total. The normalized spacial score (nSPS) is 11.3. The third kappa shape index (κ3) is 5.32. The molecule has 0 radical (unpaired) electrons. The Labute approximate surface area is 166 Å². The maximum Gasteiger partial charge on any atom is 0.349 e. The molecule has 25 heavy (non-hydrogen) atoms. The molecular weight excluding hydrogens is 448 g/mol. The predicted octanol–water partition coefficient (Wildman–Crippen LogP) is 6.11. The van der Waals surface area contributed by atoms with Crippen molar-refractivity contribution in [2.75, 3.05) is 6.61 Å². The number of esters is 1. The van der Waals surface area contributed by atoms with Gasteiger partial charge in [0.2, 0.25) is 0 Å². The van der Waals surface area contributed by atoms with Crippen molar-refractivity contribution in [2.45, 2.75) is 40.0 Å². The SMILES string of the molecule is Cc1cc(C(C)(C)C)ccc1OC(=O)COc1c(C)cc(Br)cc1Br. The minimum absolute atomic E-state index is 0.0573. The lowest BCUT2D eigenvalue weighted by molar-refractivity contribution is -0.136. The number of aryl methyl sites for hydroxylation is 2. The van der Waals surface area contributed by atoms with Gasteiger partial charge in [-0.2, -0.15) is 0 Å². The Kier molecular flexibility index (Phi) is 6.33. The Hall–Kier alpha value is -1.33. The maximum atomic E-state index is 12.1. The predicted molar refractivity (Wildman–Crippen MR) is 108 cm³/mol. The second kappa shape index (κ2) is 7.92. The standard InChI is InChI=1S/C20H22Br2O3/c1-12-8-14(20(3,4)5)6-7-17(12)25-18(23)11-24-19-13(2)9-15(21)10-16(19)22/h6-10H,11H2,1-5H3. The van der Waals surface area contributed by atoms with Gasteiger partial charge in [0.1, 0.15) is 11.5 Å². The largest absolute Gasteiger partial charge is 0.480 e. The highest BCUT2D eigenvalue weighted by Gasteiger charge is 2.16. The lowest BCUT2D eigenvalue weighted by Gasteiger charge is -2.20. The third-order valence-electron chi connectivity index (χ3n) is 3.79. The van der Waals surface area contributed by atoms with Crippen molar-refractivity contribution in [1.29, 1.82) is 0 Å². The second-order valence-electron chi connectivity index (χ2n) is 7.03. The van der Waals surface area contributed by atoms with E-state index < -0.39 is 5.97 Å². The first-order valence-electron chi connectivity index (χ1n) is 7.98. The minimum Gasteiger partial charge on any atom is -0.480 e. The Morgan fingerprint density at radius 3 is 2.28 bits per heavy atom. The molecule has 0 spiro atoms. The fraction of sp³-hybridized carbons (Fsp3) is 0.350. The van der Waals surface area contributed by atoms with E-state index in [1.54, 1.807) is 0 Å². The average Bonchev–Trinajstić information content (AvgIpc) is 2.47. The molecule has 0 aliphatic heterocycles. The summed E-state index contributed by atoms with van der Waals surface area (Å²) in [5.41, 5.74) is 3.12. The van der Waals surface area contributed by atoms with Crippen molar-refractivity contribution < 1.29 is 14.3 Å². The van der Waals surface area contributed by atoms with E-state index in [1.165, 1.54) is 5.56 Å². The molecule has 0 saturated heterocycles. The van der Waals surface area contributed by atoms with E-state index in [2.05, 4.69) is 58.7 Å². The molecule has 2 aromatic carbocycles. The van der Waals surface area contributed by atoms with Crippen LogP contribution in [0.2, 0.25) is 0 Å². The molecule has 0 bridgehead atoms. The fourth-order valence-electron chi connectivity index (χ4n) is 2.39. The van der Waals surface area contributed by atoms with Crippen LogP contribution in [0.15, 0.2) is 39.3 Å². The van der Waals surface area contributed by atoms with E-state index in [0.717, 1.165) is 20.1 Å². The van der Waals surface area contributed by atoms with E-state index in [0.29, 0.717) is 11.5 Å². The van der Waals surface area contributed by atoms with Crippen LogP contribution in [0.4, 0.5) is 0 Å². The van der Waals surface area contributed by atoms with E-state index in [4.69, 9.17) is 9.47 Å². The van der Waals surface area contributed by atoms with E-state index in [-0.39, 0.29) is 12.0 Å². The van der Waals surface area contributed by atoms with Crippen LogP contribution in [0.25, 0.3) is 0 Å². The molecule has 0 heterocycles. The van der Waals surface area contributed by atoms with Crippen LogP contribution in [-0.2, 0) is 10.2 Å². The summed E-state index contributed by atoms with van der Waals surface area (Å²) in [5.74, 6) is 0.772. The van der Waals surface area contributed by atoms with E-state index >= 15 is 0 Å². The third-order valence-corrected chi connectivity index (χ3v) is 4.84. The zero-order chi connectivity index (χ0) is 18.8. The Morgan fingerprint density at radius 1 is 1.04 bits per heavy atom. The molecule has 0 fully saturated rings. The molecule has 2 aromatic rings. The molecule has 0 aliphatic rings. The molecule has 0 saturated carbocycles. The van der Waals surface area contributed by atoms with Crippen LogP contribution < -0.4 is 9.47 Å². The number of carbonyl (C=O) groups is 1. The summed E-state index contributed by atoms with van der Waals surface area (Å²) >= 11 is 6.87. The smallest absolute Gasteiger partial charge is 0.349 e. The minimum atomic E-state index is -0.430. The van der Waals surface area contributed by atoms with Gasteiger partial charge in [-0.3, -0.25) is 0 Å². The number of rotatable bonds is 4. The molecule has 0 N–H and O–H groups in total. The lowest BCUT2D eigenvalue weighted by atomic mass is 9.86. The van der Waals surface area contributed by atoms with Crippen molar-refractivity contribution in [2.24, 2.45) is 0 Å². The maximum absolute atomic E-state index is 12.1. The van der Waals surface area contributed by atoms with Gasteiger partial charge >= 0.3 is 5.97 Å². The molecule has 0 amide bonds. The first-order chi connectivity index (χ1) is 11.6. The van der Waals surface area contributed by atoms with E-state index in [1.807, 2.05) is 38.1 Å². The van der Waals surface area contributed by atoms with Gasteiger partial charge in [-0.05, 0) is 70.1 Å². The second-order valence-corrected chi connectivity index (χ2v) is 8.80. The van der Waals surface area contributed by atoms with Crippen LogP contribution in [0, 0.1) is 13.8 Å². The Bertz CT molecular complexity index is 769. The van der Waals surface area contributed by atoms with Crippen molar-refractivity contribution in [1.82, 2.24) is 0 Å². The van der Waals surface area contributed by atoms with Crippen molar-refractivity contribution >= 4 is 37.8 Å². The first-order valence-corrected chi connectivity index (χ1v) is 9.57. The lowest BCUT2D eigenvalue weighted by Crippen LogP contribution is -2.19. The van der Waals surface area contributed by atoms with Crippen LogP contribution in [-0.4, -0.2) is 12.6 Å². The Morgan fingerprint density at radius 2 is 1.72 bits per heavy atom. The molecular formula is C20H22Br2O3. The number of hydrogen-bond donors (Lipinski definition) is 0. The summed E-state index contributed by atoms with van der Waals surface area (Å²) in [5, 5.41) is 0. The van der Waals surface area contributed by atoms with Crippen LogP contribution >= 0.6 is 31.9 Å². The van der Waals surface area contributed by atoms with Crippen molar-refractivity contribution in [3.8, 4) is 11.5 Å². The molecule has 0 aliphatic carbocycles. The van der Waals surface area contributed by atoms with E-state index in [9.17, 15) is 4.79 Å². The Balaban J connectivity index is 2.04. The molecule has 5 heteroatoms. The van der Waals surface area contributed by atoms with Crippen LogP contribution in [0.5, 0.6) is 11.5 Å².